The van der Waals surface area contributed by atoms with E-state index in [1.807, 2.05) is 0 Å². The maximum Gasteiger partial charge on any atom is 0.0626 e. The predicted octanol–water partition coefficient (Wildman–Crippen LogP) is 11.1. The van der Waals surface area contributed by atoms with Crippen LogP contribution in [0.1, 0.15) is 64.0 Å². The fraction of sp³-hybridized carbons (Fsp3) is 0.182. The van der Waals surface area contributed by atoms with Gasteiger partial charge in [-0.2, -0.15) is 0 Å². The number of para-hydroxylation sites is 1. The van der Waals surface area contributed by atoms with Crippen LogP contribution in [-0.4, -0.2) is 6.04 Å². The van der Waals surface area contributed by atoms with E-state index in [1.165, 1.54) is 61.5 Å². The quantitative estimate of drug-likeness (QED) is 0.227. The van der Waals surface area contributed by atoms with E-state index in [1.54, 1.807) is 0 Å². The summed E-state index contributed by atoms with van der Waals surface area (Å²) in [6.45, 7) is 4.48. The van der Waals surface area contributed by atoms with Gasteiger partial charge in [-0.3, -0.25) is 0 Å². The standard InChI is InChI=1S/C44H39N/c1-30-21-34(32-13-5-3-6-14-32)25-36(23-30)38-27-39(37-24-31(2)22-35(26-37)33-15-7-4-8-16-33)29-40(28-38)45-43-19-11-9-17-41(43)42-18-10-12-20-44(42)45/h3-15,17-28,33,39,41,43H,16,29H2,1-2H3. The van der Waals surface area contributed by atoms with Gasteiger partial charge in [0.25, 0.3) is 0 Å². The molecule has 1 heterocycles. The molecular weight excluding hydrogens is 542 g/mol. The summed E-state index contributed by atoms with van der Waals surface area (Å²) >= 11 is 0. The van der Waals surface area contributed by atoms with Crippen LogP contribution in [0.4, 0.5) is 5.69 Å². The Morgan fingerprint density at radius 2 is 1.36 bits per heavy atom. The molecule has 4 aromatic rings. The summed E-state index contributed by atoms with van der Waals surface area (Å²) in [5.41, 5.74) is 14.7. The molecule has 4 aromatic carbocycles. The normalized spacial score (nSPS) is 23.0. The molecule has 0 aromatic heterocycles. The monoisotopic (exact) mass is 581 g/mol. The van der Waals surface area contributed by atoms with Gasteiger partial charge >= 0.3 is 0 Å². The molecule has 4 unspecified atom stereocenters. The lowest BCUT2D eigenvalue weighted by Crippen LogP contribution is -2.33. The molecule has 3 aliphatic carbocycles. The molecule has 45 heavy (non-hydrogen) atoms. The van der Waals surface area contributed by atoms with E-state index in [4.69, 9.17) is 0 Å². The first-order valence-electron chi connectivity index (χ1n) is 16.4. The minimum atomic E-state index is 0.275. The average molecular weight is 582 g/mol. The summed E-state index contributed by atoms with van der Waals surface area (Å²) in [7, 11) is 0. The number of hydrogen-bond donors (Lipinski definition) is 0. The van der Waals surface area contributed by atoms with Crippen molar-refractivity contribution in [3.8, 4) is 11.1 Å². The Morgan fingerprint density at radius 1 is 0.622 bits per heavy atom. The zero-order valence-corrected chi connectivity index (χ0v) is 26.1. The molecule has 4 aliphatic rings. The third-order valence-electron chi connectivity index (χ3n) is 9.88. The van der Waals surface area contributed by atoms with Gasteiger partial charge in [0.2, 0.25) is 0 Å². The first-order chi connectivity index (χ1) is 22.1. The van der Waals surface area contributed by atoms with Gasteiger partial charge in [0.1, 0.15) is 0 Å². The zero-order valence-electron chi connectivity index (χ0n) is 26.1. The highest BCUT2D eigenvalue weighted by Gasteiger charge is 2.39. The third kappa shape index (κ3) is 5.27. The molecular formula is C44H39N. The van der Waals surface area contributed by atoms with E-state index in [9.17, 15) is 0 Å². The average Bonchev–Trinajstić information content (AvgIpc) is 3.43. The Balaban J connectivity index is 1.27. The summed E-state index contributed by atoms with van der Waals surface area (Å²) < 4.78 is 0. The Bertz CT molecular complexity index is 1950. The Morgan fingerprint density at radius 3 is 2.20 bits per heavy atom. The molecule has 0 saturated carbocycles. The molecule has 8 rings (SSSR count). The summed E-state index contributed by atoms with van der Waals surface area (Å²) in [4.78, 5) is 2.64. The molecule has 0 radical (unpaired) electrons. The van der Waals surface area contributed by atoms with Gasteiger partial charge in [-0.15, -0.1) is 0 Å². The van der Waals surface area contributed by atoms with Gasteiger partial charge in [0.05, 0.1) is 6.04 Å². The van der Waals surface area contributed by atoms with Crippen molar-refractivity contribution in [2.75, 3.05) is 4.90 Å². The van der Waals surface area contributed by atoms with Crippen molar-refractivity contribution in [2.24, 2.45) is 0 Å². The first-order valence-corrected chi connectivity index (χ1v) is 16.4. The number of rotatable bonds is 5. The minimum Gasteiger partial charge on any atom is -0.337 e. The molecule has 0 bridgehead atoms. The van der Waals surface area contributed by atoms with Gasteiger partial charge < -0.3 is 4.90 Å². The van der Waals surface area contributed by atoms with Crippen molar-refractivity contribution in [1.29, 1.82) is 0 Å². The Kier molecular flexibility index (Phi) is 7.10. The van der Waals surface area contributed by atoms with Crippen LogP contribution in [0.25, 0.3) is 16.7 Å². The molecule has 0 amide bonds. The largest absolute Gasteiger partial charge is 0.337 e. The SMILES string of the molecule is Cc1cc(C2=CC(c3cc(C)cc(C4C=CC=CC4)c3)CC(N3c4ccccc4C4C=CC=CC43)=C2)cc(-c2ccccc2)c1. The number of allylic oxidation sites excluding steroid dienone is 10. The lowest BCUT2D eigenvalue weighted by molar-refractivity contribution is 0.682. The highest BCUT2D eigenvalue weighted by Crippen LogP contribution is 2.49. The van der Waals surface area contributed by atoms with Crippen molar-refractivity contribution >= 4 is 11.3 Å². The van der Waals surface area contributed by atoms with Gasteiger partial charge in [-0.05, 0) is 89.4 Å². The van der Waals surface area contributed by atoms with Crippen molar-refractivity contribution < 1.29 is 0 Å². The second-order valence-corrected chi connectivity index (χ2v) is 13.1. The summed E-state index contributed by atoms with van der Waals surface area (Å²) in [5.74, 6) is 1.09. The van der Waals surface area contributed by atoms with Crippen molar-refractivity contribution in [2.45, 2.75) is 50.5 Å². The van der Waals surface area contributed by atoms with Gasteiger partial charge in [-0.1, -0.05) is 139 Å². The highest BCUT2D eigenvalue weighted by atomic mass is 15.2. The predicted molar refractivity (Wildman–Crippen MR) is 191 cm³/mol. The fourth-order valence-corrected chi connectivity index (χ4v) is 7.82. The maximum absolute atomic E-state index is 2.64. The molecule has 1 nitrogen and oxygen atoms in total. The van der Waals surface area contributed by atoms with E-state index in [0.717, 1.165) is 12.8 Å². The van der Waals surface area contributed by atoms with Gasteiger partial charge in [-0.25, -0.2) is 0 Å². The van der Waals surface area contributed by atoms with Crippen molar-refractivity contribution in [1.82, 2.24) is 0 Å². The summed E-state index contributed by atoms with van der Waals surface area (Å²) in [5, 5.41) is 0. The smallest absolute Gasteiger partial charge is 0.0626 e. The minimum absolute atomic E-state index is 0.275. The van der Waals surface area contributed by atoms with Gasteiger partial charge in [0.15, 0.2) is 0 Å². The lowest BCUT2D eigenvalue weighted by Gasteiger charge is -2.35. The Hall–Kier alpha value is -4.88. The lowest BCUT2D eigenvalue weighted by atomic mass is 9.81. The van der Waals surface area contributed by atoms with Gasteiger partial charge in [0, 0.05) is 29.1 Å². The van der Waals surface area contributed by atoms with Crippen LogP contribution in [-0.2, 0) is 0 Å². The number of hydrogen-bond acceptors (Lipinski definition) is 1. The summed E-state index contributed by atoms with van der Waals surface area (Å²) in [6, 6.07) is 34.4. The maximum atomic E-state index is 2.64. The van der Waals surface area contributed by atoms with E-state index in [2.05, 4.69) is 171 Å². The number of aryl methyl sites for hydroxylation is 2. The van der Waals surface area contributed by atoms with Crippen LogP contribution >= 0.6 is 0 Å². The second kappa shape index (κ2) is 11.6. The van der Waals surface area contributed by atoms with Crippen molar-refractivity contribution in [3.05, 3.63) is 191 Å². The molecule has 0 N–H and O–H groups in total. The number of fused-ring (bicyclic) bond motifs is 3. The third-order valence-corrected chi connectivity index (χ3v) is 9.88. The van der Waals surface area contributed by atoms with E-state index in [0.29, 0.717) is 17.9 Å². The number of nitrogens with zero attached hydrogens (tertiary/aromatic N) is 1. The van der Waals surface area contributed by atoms with E-state index in [-0.39, 0.29) is 5.92 Å². The molecule has 1 heteroatoms. The van der Waals surface area contributed by atoms with Crippen LogP contribution in [0.5, 0.6) is 0 Å². The van der Waals surface area contributed by atoms with E-state index < -0.39 is 0 Å². The Labute approximate surface area is 268 Å². The van der Waals surface area contributed by atoms with Crippen LogP contribution in [0.3, 0.4) is 0 Å². The fourth-order valence-electron chi connectivity index (χ4n) is 7.82. The number of benzene rings is 4. The molecule has 0 spiro atoms. The highest BCUT2D eigenvalue weighted by molar-refractivity contribution is 5.82. The topological polar surface area (TPSA) is 3.24 Å². The molecule has 0 saturated heterocycles. The van der Waals surface area contributed by atoms with Crippen LogP contribution in [0.2, 0.25) is 0 Å². The zero-order chi connectivity index (χ0) is 30.3. The van der Waals surface area contributed by atoms with Crippen molar-refractivity contribution in [3.63, 3.8) is 0 Å². The second-order valence-electron chi connectivity index (χ2n) is 13.1. The summed E-state index contributed by atoms with van der Waals surface area (Å²) in [6.07, 6.45) is 25.3. The molecule has 220 valence electrons. The molecule has 1 aliphatic heterocycles. The van der Waals surface area contributed by atoms with Crippen LogP contribution < -0.4 is 4.90 Å². The first kappa shape index (κ1) is 27.7. The van der Waals surface area contributed by atoms with Crippen LogP contribution in [0.15, 0.2) is 157 Å². The molecule has 4 atom stereocenters. The van der Waals surface area contributed by atoms with Crippen LogP contribution in [0, 0.1) is 13.8 Å². The molecule has 0 fully saturated rings. The van der Waals surface area contributed by atoms with E-state index >= 15 is 0 Å². The number of anilines is 1.